The molecule has 0 radical (unpaired) electrons. The molecule has 2 aromatic carbocycles. The van der Waals surface area contributed by atoms with Gasteiger partial charge >= 0.3 is 0 Å². The molecule has 2 heterocycles. The molecule has 0 spiro atoms. The molecule has 1 amide bonds. The Bertz CT molecular complexity index is 1010. The maximum atomic E-state index is 11.9. The number of para-hydroxylation sites is 1. The van der Waals surface area contributed by atoms with E-state index in [0.29, 0.717) is 36.0 Å². The summed E-state index contributed by atoms with van der Waals surface area (Å²) < 4.78 is 21.1. The lowest BCUT2D eigenvalue weighted by atomic mass is 10.2. The summed E-state index contributed by atoms with van der Waals surface area (Å²) in [5.74, 6) is 0.729. The van der Waals surface area contributed by atoms with Gasteiger partial charge in [-0.1, -0.05) is 30.3 Å². The van der Waals surface area contributed by atoms with Gasteiger partial charge in [0.05, 0.1) is 17.2 Å². The highest BCUT2D eigenvalue weighted by Crippen LogP contribution is 2.40. The second-order valence-corrected chi connectivity index (χ2v) is 9.77. The number of amides is 1. The molecule has 0 unspecified atom stereocenters. The molecule has 0 saturated carbocycles. The Morgan fingerprint density at radius 3 is 2.37 bits per heavy atom. The van der Waals surface area contributed by atoms with Crippen molar-refractivity contribution in [2.24, 2.45) is 5.73 Å². The molecule has 3 aromatic rings. The first-order chi connectivity index (χ1) is 14.4. The van der Waals surface area contributed by atoms with E-state index in [1.54, 1.807) is 10.9 Å². The standard InChI is InChI=1S/C21H25N5O3S/c22-20(27)19-15-26(18-4-2-1-3-5-18)24-21(19)23-17-8-6-16(7-9-17)14-25-10-12-30(28,29)13-11-25/h1-9,15,28-29H,10-14H2,(H2,22,27)(H,23,24). The van der Waals surface area contributed by atoms with E-state index in [-0.39, 0.29) is 0 Å². The Hall–Kier alpha value is -2.85. The number of anilines is 2. The fourth-order valence-corrected chi connectivity index (χ4v) is 4.68. The fourth-order valence-electron chi connectivity index (χ4n) is 3.37. The predicted molar refractivity (Wildman–Crippen MR) is 120 cm³/mol. The van der Waals surface area contributed by atoms with Crippen molar-refractivity contribution in [3.8, 4) is 5.69 Å². The van der Waals surface area contributed by atoms with Crippen molar-refractivity contribution < 1.29 is 13.9 Å². The maximum Gasteiger partial charge on any atom is 0.254 e. The number of carbonyl (C=O) groups is 1. The van der Waals surface area contributed by atoms with Gasteiger partial charge in [0.15, 0.2) is 5.82 Å². The Balaban J connectivity index is 1.45. The number of aromatic nitrogens is 2. The van der Waals surface area contributed by atoms with Gasteiger partial charge in [-0.05, 0) is 29.8 Å². The van der Waals surface area contributed by atoms with Gasteiger partial charge in [0.2, 0.25) is 0 Å². The first kappa shape index (κ1) is 20.4. The average molecular weight is 428 g/mol. The number of nitrogens with zero attached hydrogens (tertiary/aromatic N) is 3. The zero-order valence-corrected chi connectivity index (χ0v) is 17.3. The van der Waals surface area contributed by atoms with Crippen molar-refractivity contribution in [1.29, 1.82) is 0 Å². The average Bonchev–Trinajstić information content (AvgIpc) is 3.16. The van der Waals surface area contributed by atoms with Crippen LogP contribution in [0.1, 0.15) is 15.9 Å². The van der Waals surface area contributed by atoms with Crippen LogP contribution in [0.25, 0.3) is 5.69 Å². The molecule has 30 heavy (non-hydrogen) atoms. The second kappa shape index (κ2) is 8.49. The summed E-state index contributed by atoms with van der Waals surface area (Å²) in [6.45, 7) is 2.12. The minimum Gasteiger partial charge on any atom is -0.365 e. The molecule has 5 N–H and O–H groups in total. The summed E-state index contributed by atoms with van der Waals surface area (Å²) in [7, 11) is -2.38. The lowest BCUT2D eigenvalue weighted by molar-refractivity contribution is 0.100. The third-order valence-electron chi connectivity index (χ3n) is 5.09. The minimum atomic E-state index is -2.38. The molecule has 1 aliphatic rings. The highest BCUT2D eigenvalue weighted by molar-refractivity contribution is 8.24. The van der Waals surface area contributed by atoms with Crippen LogP contribution in [-0.2, 0) is 6.54 Å². The van der Waals surface area contributed by atoms with Crippen LogP contribution in [0.5, 0.6) is 0 Å². The molecule has 1 fully saturated rings. The summed E-state index contributed by atoms with van der Waals surface area (Å²) in [5, 5.41) is 7.65. The molecule has 0 aliphatic carbocycles. The number of hydrogen-bond acceptors (Lipinski definition) is 6. The van der Waals surface area contributed by atoms with E-state index in [2.05, 4.69) is 15.3 Å². The molecule has 158 valence electrons. The molecule has 1 aliphatic heterocycles. The first-order valence-corrected chi connectivity index (χ1v) is 11.5. The first-order valence-electron chi connectivity index (χ1n) is 9.66. The molecule has 1 saturated heterocycles. The van der Waals surface area contributed by atoms with E-state index >= 15 is 0 Å². The third kappa shape index (κ3) is 4.82. The lowest BCUT2D eigenvalue weighted by Gasteiger charge is -2.41. The summed E-state index contributed by atoms with van der Waals surface area (Å²) >= 11 is 0. The van der Waals surface area contributed by atoms with Gasteiger partial charge < -0.3 is 11.1 Å². The number of rotatable bonds is 6. The van der Waals surface area contributed by atoms with Crippen molar-refractivity contribution >= 4 is 28.0 Å². The maximum absolute atomic E-state index is 11.9. The van der Waals surface area contributed by atoms with Gasteiger partial charge in [-0.15, -0.1) is 5.10 Å². The zero-order valence-electron chi connectivity index (χ0n) is 16.4. The van der Waals surface area contributed by atoms with Crippen LogP contribution in [0.15, 0.2) is 60.8 Å². The largest absolute Gasteiger partial charge is 0.365 e. The van der Waals surface area contributed by atoms with E-state index in [1.807, 2.05) is 54.6 Å². The van der Waals surface area contributed by atoms with Gasteiger partial charge in [0, 0.05) is 31.5 Å². The SMILES string of the molecule is NC(=O)c1cn(-c2ccccc2)nc1Nc1ccc(CN2CCS(O)(O)CC2)cc1. The topological polar surface area (TPSA) is 117 Å². The number of nitrogens with two attached hydrogens (primary N) is 1. The van der Waals surface area contributed by atoms with E-state index in [1.165, 1.54) is 0 Å². The summed E-state index contributed by atoms with van der Waals surface area (Å²) in [6.07, 6.45) is 1.62. The van der Waals surface area contributed by atoms with E-state index in [4.69, 9.17) is 5.73 Å². The molecule has 0 bridgehead atoms. The van der Waals surface area contributed by atoms with Crippen LogP contribution in [-0.4, -0.2) is 54.3 Å². The Labute approximate surface area is 176 Å². The molecule has 4 rings (SSSR count). The quantitative estimate of drug-likeness (QED) is 0.480. The number of benzene rings is 2. The summed E-state index contributed by atoms with van der Waals surface area (Å²) in [4.78, 5) is 14.1. The lowest BCUT2D eigenvalue weighted by Crippen LogP contribution is -2.37. The van der Waals surface area contributed by atoms with E-state index < -0.39 is 16.5 Å². The number of primary amides is 1. The highest BCUT2D eigenvalue weighted by Gasteiger charge is 2.22. The van der Waals surface area contributed by atoms with E-state index in [0.717, 1.165) is 23.5 Å². The van der Waals surface area contributed by atoms with Crippen molar-refractivity contribution in [3.63, 3.8) is 0 Å². The van der Waals surface area contributed by atoms with Gasteiger partial charge in [-0.25, -0.2) is 4.68 Å². The van der Waals surface area contributed by atoms with Gasteiger partial charge in [-0.2, -0.15) is 10.6 Å². The Morgan fingerprint density at radius 2 is 1.73 bits per heavy atom. The van der Waals surface area contributed by atoms with Crippen LogP contribution < -0.4 is 11.1 Å². The fraction of sp³-hybridized carbons (Fsp3) is 0.238. The van der Waals surface area contributed by atoms with Crippen LogP contribution in [0.4, 0.5) is 11.5 Å². The number of hydrogen-bond donors (Lipinski definition) is 4. The molecular formula is C21H25N5O3S. The smallest absolute Gasteiger partial charge is 0.254 e. The normalized spacial score (nSPS) is 17.4. The highest BCUT2D eigenvalue weighted by atomic mass is 32.3. The van der Waals surface area contributed by atoms with Crippen LogP contribution in [0.3, 0.4) is 0 Å². The van der Waals surface area contributed by atoms with Crippen molar-refractivity contribution in [2.75, 3.05) is 29.9 Å². The number of nitrogens with one attached hydrogen (secondary N) is 1. The molecule has 9 heteroatoms. The van der Waals surface area contributed by atoms with Gasteiger partial charge in [0.25, 0.3) is 5.91 Å². The number of carbonyl (C=O) groups excluding carboxylic acids is 1. The Kier molecular flexibility index (Phi) is 5.78. The molecule has 0 atom stereocenters. The molecular weight excluding hydrogens is 402 g/mol. The van der Waals surface area contributed by atoms with Crippen LogP contribution >= 0.6 is 10.6 Å². The van der Waals surface area contributed by atoms with E-state index in [9.17, 15) is 13.9 Å². The monoisotopic (exact) mass is 427 g/mol. The predicted octanol–water partition coefficient (Wildman–Crippen LogP) is 3.28. The summed E-state index contributed by atoms with van der Waals surface area (Å²) in [6, 6.07) is 17.4. The van der Waals surface area contributed by atoms with Gasteiger partial charge in [0.1, 0.15) is 5.56 Å². The van der Waals surface area contributed by atoms with Crippen LogP contribution in [0.2, 0.25) is 0 Å². The molecule has 1 aromatic heterocycles. The minimum absolute atomic E-state index is 0.315. The second-order valence-electron chi connectivity index (χ2n) is 7.34. The summed E-state index contributed by atoms with van der Waals surface area (Å²) in [5.41, 5.74) is 8.61. The zero-order chi connectivity index (χ0) is 21.1. The Morgan fingerprint density at radius 1 is 1.07 bits per heavy atom. The third-order valence-corrected chi connectivity index (χ3v) is 6.76. The van der Waals surface area contributed by atoms with Crippen molar-refractivity contribution in [3.05, 3.63) is 71.9 Å². The van der Waals surface area contributed by atoms with Crippen molar-refractivity contribution in [1.82, 2.24) is 14.7 Å². The van der Waals surface area contributed by atoms with Crippen molar-refractivity contribution in [2.45, 2.75) is 6.54 Å². The van der Waals surface area contributed by atoms with Gasteiger partial charge in [-0.3, -0.25) is 18.8 Å². The van der Waals surface area contributed by atoms with Crippen LogP contribution in [0, 0.1) is 0 Å². The molecule has 8 nitrogen and oxygen atoms in total.